The van der Waals surface area contributed by atoms with Crippen molar-refractivity contribution < 1.29 is 8.42 Å². The Labute approximate surface area is 118 Å². The number of nitrogens with zero attached hydrogens (tertiary/aromatic N) is 2. The van der Waals surface area contributed by atoms with Crippen LogP contribution in [0, 0.1) is 18.3 Å². The number of hydrogen-bond acceptors (Lipinski definition) is 3. The minimum Gasteiger partial charge on any atom is -0.353 e. The highest BCUT2D eigenvalue weighted by atomic mass is 32.2. The third-order valence-electron chi connectivity index (χ3n) is 3.10. The summed E-state index contributed by atoms with van der Waals surface area (Å²) in [5.41, 5.74) is 1.81. The van der Waals surface area contributed by atoms with Crippen LogP contribution in [0.2, 0.25) is 0 Å². The van der Waals surface area contributed by atoms with Crippen LogP contribution in [0.25, 0.3) is 0 Å². The smallest absolute Gasteiger partial charge is 0.241 e. The number of aryl methyl sites for hydroxylation is 2. The van der Waals surface area contributed by atoms with Gasteiger partial charge in [-0.3, -0.25) is 0 Å². The first kappa shape index (κ1) is 14.3. The molecule has 2 rings (SSSR count). The van der Waals surface area contributed by atoms with Gasteiger partial charge in [-0.05, 0) is 36.8 Å². The van der Waals surface area contributed by atoms with Gasteiger partial charge in [0, 0.05) is 18.9 Å². The fraction of sp³-hybridized carbons (Fsp3) is 0.214. The lowest BCUT2D eigenvalue weighted by Gasteiger charge is -2.10. The summed E-state index contributed by atoms with van der Waals surface area (Å²) in [5, 5.41) is 8.87. The Morgan fingerprint density at radius 1 is 1.35 bits per heavy atom. The Morgan fingerprint density at radius 2 is 2.10 bits per heavy atom. The summed E-state index contributed by atoms with van der Waals surface area (Å²) in [4.78, 5) is 0.144. The Bertz CT molecular complexity index is 770. The molecule has 0 aliphatic carbocycles. The summed E-state index contributed by atoms with van der Waals surface area (Å²) in [6.07, 6.45) is 1.85. The zero-order valence-corrected chi connectivity index (χ0v) is 12.1. The van der Waals surface area contributed by atoms with E-state index in [1.807, 2.05) is 36.0 Å². The van der Waals surface area contributed by atoms with Crippen LogP contribution in [-0.2, 0) is 23.6 Å². The first-order chi connectivity index (χ1) is 9.44. The van der Waals surface area contributed by atoms with E-state index in [0.29, 0.717) is 11.1 Å². The summed E-state index contributed by atoms with van der Waals surface area (Å²) in [6, 6.07) is 10.3. The lowest BCUT2D eigenvalue weighted by atomic mass is 10.2. The number of nitriles is 1. The fourth-order valence-corrected chi connectivity index (χ4v) is 3.15. The fourth-order valence-electron chi connectivity index (χ4n) is 1.89. The molecule has 0 fully saturated rings. The summed E-state index contributed by atoms with van der Waals surface area (Å²) in [6.45, 7) is 1.92. The Morgan fingerprint density at radius 3 is 2.70 bits per heavy atom. The van der Waals surface area contributed by atoms with Crippen LogP contribution >= 0.6 is 0 Å². The lowest BCUT2D eigenvalue weighted by molar-refractivity contribution is 0.578. The number of sulfonamides is 1. The Kier molecular flexibility index (Phi) is 3.93. The van der Waals surface area contributed by atoms with Crippen LogP contribution in [0.1, 0.15) is 16.8 Å². The van der Waals surface area contributed by atoms with Crippen LogP contribution < -0.4 is 4.72 Å². The SMILES string of the molecule is Cc1ccc(C#N)cc1S(=O)(=O)NCc1cccn1C. The number of hydrogen-bond donors (Lipinski definition) is 1. The molecular weight excluding hydrogens is 274 g/mol. The van der Waals surface area contributed by atoms with E-state index in [9.17, 15) is 8.42 Å². The second kappa shape index (κ2) is 5.49. The molecule has 1 aromatic heterocycles. The van der Waals surface area contributed by atoms with Crippen molar-refractivity contribution >= 4 is 10.0 Å². The van der Waals surface area contributed by atoms with Crippen LogP contribution in [-0.4, -0.2) is 13.0 Å². The van der Waals surface area contributed by atoms with E-state index < -0.39 is 10.0 Å². The zero-order chi connectivity index (χ0) is 14.8. The second-order valence-corrected chi connectivity index (χ2v) is 6.26. The maximum atomic E-state index is 12.3. The van der Waals surface area contributed by atoms with Crippen LogP contribution in [0.15, 0.2) is 41.4 Å². The maximum Gasteiger partial charge on any atom is 0.241 e. The first-order valence-corrected chi connectivity index (χ1v) is 7.53. The molecule has 0 aliphatic heterocycles. The molecule has 0 amide bonds. The molecule has 0 unspecified atom stereocenters. The van der Waals surface area contributed by atoms with E-state index in [4.69, 9.17) is 5.26 Å². The molecule has 2 aromatic rings. The van der Waals surface area contributed by atoms with Crippen molar-refractivity contribution in [3.05, 3.63) is 53.3 Å². The molecule has 0 spiro atoms. The quantitative estimate of drug-likeness (QED) is 0.930. The highest BCUT2D eigenvalue weighted by molar-refractivity contribution is 7.89. The molecule has 20 heavy (non-hydrogen) atoms. The molecule has 0 radical (unpaired) electrons. The van der Waals surface area contributed by atoms with Crippen molar-refractivity contribution in [3.8, 4) is 6.07 Å². The molecule has 6 heteroatoms. The molecule has 1 heterocycles. The summed E-state index contributed by atoms with van der Waals surface area (Å²) >= 11 is 0. The first-order valence-electron chi connectivity index (χ1n) is 6.04. The number of benzene rings is 1. The van der Waals surface area contributed by atoms with Gasteiger partial charge in [0.15, 0.2) is 0 Å². The highest BCUT2D eigenvalue weighted by Crippen LogP contribution is 2.17. The van der Waals surface area contributed by atoms with Crippen molar-refractivity contribution in [1.82, 2.24) is 9.29 Å². The normalized spacial score (nSPS) is 11.2. The number of aromatic nitrogens is 1. The van der Waals surface area contributed by atoms with Crippen molar-refractivity contribution in [1.29, 1.82) is 5.26 Å². The van der Waals surface area contributed by atoms with Crippen molar-refractivity contribution in [2.75, 3.05) is 0 Å². The Balaban J connectivity index is 2.27. The lowest BCUT2D eigenvalue weighted by Crippen LogP contribution is -2.25. The van der Waals surface area contributed by atoms with Gasteiger partial charge < -0.3 is 4.57 Å². The van der Waals surface area contributed by atoms with Gasteiger partial charge in [0.2, 0.25) is 10.0 Å². The largest absolute Gasteiger partial charge is 0.353 e. The molecule has 0 atom stereocenters. The van der Waals surface area contributed by atoms with Gasteiger partial charge in [0.25, 0.3) is 0 Å². The summed E-state index contributed by atoms with van der Waals surface area (Å²) in [5.74, 6) is 0. The van der Waals surface area contributed by atoms with Gasteiger partial charge in [-0.25, -0.2) is 13.1 Å². The van der Waals surface area contributed by atoms with E-state index in [1.165, 1.54) is 6.07 Å². The average Bonchev–Trinajstić information content (AvgIpc) is 2.82. The molecule has 1 aromatic carbocycles. The minimum atomic E-state index is -3.63. The molecule has 0 bridgehead atoms. The topological polar surface area (TPSA) is 74.9 Å². The van der Waals surface area contributed by atoms with Gasteiger partial charge in [-0.1, -0.05) is 6.07 Å². The number of nitrogens with one attached hydrogen (secondary N) is 1. The van der Waals surface area contributed by atoms with Crippen LogP contribution in [0.3, 0.4) is 0 Å². The van der Waals surface area contributed by atoms with Gasteiger partial charge in [-0.15, -0.1) is 0 Å². The third-order valence-corrected chi connectivity index (χ3v) is 4.64. The van der Waals surface area contributed by atoms with Crippen LogP contribution in [0.4, 0.5) is 0 Å². The predicted octanol–water partition coefficient (Wildman–Crippen LogP) is 1.68. The van der Waals surface area contributed by atoms with E-state index >= 15 is 0 Å². The molecular formula is C14H15N3O2S. The van der Waals surface area contributed by atoms with Crippen molar-refractivity contribution in [3.63, 3.8) is 0 Å². The van der Waals surface area contributed by atoms with Crippen molar-refractivity contribution in [2.45, 2.75) is 18.4 Å². The standard InChI is InChI=1S/C14H15N3O2S/c1-11-5-6-12(9-15)8-14(11)20(18,19)16-10-13-4-3-7-17(13)2/h3-8,16H,10H2,1-2H3. The second-order valence-electron chi connectivity index (χ2n) is 4.53. The maximum absolute atomic E-state index is 12.3. The highest BCUT2D eigenvalue weighted by Gasteiger charge is 2.17. The average molecular weight is 289 g/mol. The van der Waals surface area contributed by atoms with Gasteiger partial charge >= 0.3 is 0 Å². The van der Waals surface area contributed by atoms with E-state index in [0.717, 1.165) is 5.69 Å². The van der Waals surface area contributed by atoms with Gasteiger partial charge in [0.1, 0.15) is 0 Å². The van der Waals surface area contributed by atoms with Gasteiger partial charge in [-0.2, -0.15) is 5.26 Å². The Hall–Kier alpha value is -2.10. The van der Waals surface area contributed by atoms with Crippen LogP contribution in [0.5, 0.6) is 0 Å². The zero-order valence-electron chi connectivity index (χ0n) is 11.3. The summed E-state index contributed by atoms with van der Waals surface area (Å²) < 4.78 is 29.0. The van der Waals surface area contributed by atoms with E-state index in [-0.39, 0.29) is 11.4 Å². The van der Waals surface area contributed by atoms with Gasteiger partial charge in [0.05, 0.1) is 23.1 Å². The molecule has 5 nitrogen and oxygen atoms in total. The van der Waals surface area contributed by atoms with E-state index in [1.54, 1.807) is 19.1 Å². The molecule has 0 aliphatic rings. The number of rotatable bonds is 4. The molecule has 104 valence electrons. The monoisotopic (exact) mass is 289 g/mol. The third kappa shape index (κ3) is 2.90. The summed E-state index contributed by atoms with van der Waals surface area (Å²) in [7, 11) is -1.78. The van der Waals surface area contributed by atoms with Crippen molar-refractivity contribution in [2.24, 2.45) is 7.05 Å². The molecule has 0 saturated heterocycles. The van der Waals surface area contributed by atoms with E-state index in [2.05, 4.69) is 4.72 Å². The molecule has 1 N–H and O–H groups in total. The predicted molar refractivity (Wildman–Crippen MR) is 75.3 cm³/mol. The minimum absolute atomic E-state index is 0.144. The molecule has 0 saturated carbocycles.